The van der Waals surface area contributed by atoms with Gasteiger partial charge in [-0.3, -0.25) is 9.36 Å². The minimum atomic E-state index is -0.245. The van der Waals surface area contributed by atoms with Crippen molar-refractivity contribution in [3.05, 3.63) is 10.5 Å². The molecular weight excluding hydrogens is 264 g/mol. The molecule has 0 aromatic carbocycles. The maximum Gasteiger partial charge on any atom is 0.343 e. The van der Waals surface area contributed by atoms with Crippen LogP contribution >= 0.6 is 11.8 Å². The summed E-state index contributed by atoms with van der Waals surface area (Å²) in [5.74, 6) is 0.197. The lowest BCUT2D eigenvalue weighted by Gasteiger charge is -2.20. The molecule has 0 spiro atoms. The third-order valence-electron chi connectivity index (χ3n) is 2.31. The van der Waals surface area contributed by atoms with E-state index in [9.17, 15) is 9.59 Å². The molecule has 0 aliphatic heterocycles. The molecule has 1 amide bonds. The van der Waals surface area contributed by atoms with E-state index in [2.05, 4.69) is 22.4 Å². The van der Waals surface area contributed by atoms with Gasteiger partial charge in [-0.2, -0.15) is 0 Å². The van der Waals surface area contributed by atoms with Crippen LogP contribution in [0, 0.1) is 0 Å². The van der Waals surface area contributed by atoms with E-state index in [0.29, 0.717) is 11.7 Å². The lowest BCUT2D eigenvalue weighted by molar-refractivity contribution is -0.119. The predicted molar refractivity (Wildman–Crippen MR) is 76.4 cm³/mol. The van der Waals surface area contributed by atoms with E-state index >= 15 is 0 Å². The molecule has 0 saturated carbocycles. The molecule has 0 saturated heterocycles. The Morgan fingerprint density at radius 3 is 2.74 bits per heavy atom. The van der Waals surface area contributed by atoms with Gasteiger partial charge in [-0.15, -0.1) is 5.10 Å². The number of hydrogen-bond donors (Lipinski definition) is 2. The number of nitrogens with one attached hydrogen (secondary N) is 2. The second kappa shape index (κ2) is 6.79. The van der Waals surface area contributed by atoms with Crippen LogP contribution in [0.15, 0.2) is 9.95 Å². The molecule has 6 nitrogen and oxygen atoms in total. The van der Waals surface area contributed by atoms with Gasteiger partial charge in [0, 0.05) is 12.1 Å². The Labute approximate surface area is 117 Å². The van der Waals surface area contributed by atoms with Crippen LogP contribution in [0.4, 0.5) is 0 Å². The standard InChI is InChI=1S/C12H22N4O2S/c1-5-6-7-16-10(18)14-15-11(16)19-8-9(17)13-12(2,3)4/h5-8H2,1-4H3,(H,13,17)(H,14,18). The second-order valence-electron chi connectivity index (χ2n) is 5.40. The van der Waals surface area contributed by atoms with Crippen molar-refractivity contribution in [2.45, 2.75) is 57.8 Å². The Balaban J connectivity index is 2.58. The number of unbranched alkanes of at least 4 members (excludes halogenated alkanes) is 1. The Hall–Kier alpha value is -1.24. The van der Waals surface area contributed by atoms with Crippen molar-refractivity contribution in [1.29, 1.82) is 0 Å². The zero-order chi connectivity index (χ0) is 14.5. The van der Waals surface area contributed by atoms with Crippen molar-refractivity contribution in [3.63, 3.8) is 0 Å². The van der Waals surface area contributed by atoms with Crippen LogP contribution in [0.25, 0.3) is 0 Å². The first-order valence-electron chi connectivity index (χ1n) is 6.42. The number of nitrogens with zero attached hydrogens (tertiary/aromatic N) is 2. The first kappa shape index (κ1) is 15.8. The van der Waals surface area contributed by atoms with Crippen molar-refractivity contribution >= 4 is 17.7 Å². The zero-order valence-electron chi connectivity index (χ0n) is 11.9. The third kappa shape index (κ3) is 5.50. The van der Waals surface area contributed by atoms with E-state index in [1.54, 1.807) is 4.57 Å². The number of amides is 1. The molecule has 0 aliphatic carbocycles. The minimum absolute atomic E-state index is 0.0602. The van der Waals surface area contributed by atoms with Crippen LogP contribution in [-0.2, 0) is 11.3 Å². The van der Waals surface area contributed by atoms with Gasteiger partial charge in [-0.05, 0) is 27.2 Å². The van der Waals surface area contributed by atoms with Gasteiger partial charge in [0.25, 0.3) is 0 Å². The first-order valence-corrected chi connectivity index (χ1v) is 7.41. The molecule has 0 fully saturated rings. The Bertz CT molecular complexity index is 473. The highest BCUT2D eigenvalue weighted by molar-refractivity contribution is 7.99. The summed E-state index contributed by atoms with van der Waals surface area (Å²) in [5, 5.41) is 9.81. The molecule has 0 unspecified atom stereocenters. The third-order valence-corrected chi connectivity index (χ3v) is 3.28. The molecule has 0 radical (unpaired) electrons. The average molecular weight is 286 g/mol. The van der Waals surface area contributed by atoms with Gasteiger partial charge in [-0.1, -0.05) is 25.1 Å². The van der Waals surface area contributed by atoms with E-state index < -0.39 is 0 Å². The fourth-order valence-corrected chi connectivity index (χ4v) is 2.28. The second-order valence-corrected chi connectivity index (χ2v) is 6.35. The molecular formula is C12H22N4O2S. The molecule has 0 aliphatic rings. The number of H-pyrrole nitrogens is 1. The fraction of sp³-hybridized carbons (Fsp3) is 0.750. The zero-order valence-corrected chi connectivity index (χ0v) is 12.8. The Morgan fingerprint density at radius 2 is 2.16 bits per heavy atom. The van der Waals surface area contributed by atoms with Crippen molar-refractivity contribution in [1.82, 2.24) is 20.1 Å². The van der Waals surface area contributed by atoms with Crippen molar-refractivity contribution in [2.75, 3.05) is 5.75 Å². The van der Waals surface area contributed by atoms with Gasteiger partial charge < -0.3 is 5.32 Å². The summed E-state index contributed by atoms with van der Waals surface area (Å²) < 4.78 is 1.58. The molecule has 19 heavy (non-hydrogen) atoms. The van der Waals surface area contributed by atoms with E-state index in [0.717, 1.165) is 12.8 Å². The highest BCUT2D eigenvalue weighted by Crippen LogP contribution is 2.13. The monoisotopic (exact) mass is 286 g/mol. The molecule has 0 atom stereocenters. The number of carbonyl (C=O) groups excluding carboxylic acids is 1. The average Bonchev–Trinajstić information content (AvgIpc) is 2.62. The molecule has 1 rings (SSSR count). The number of aromatic amines is 1. The van der Waals surface area contributed by atoms with E-state index in [1.807, 2.05) is 20.8 Å². The molecule has 7 heteroatoms. The lowest BCUT2D eigenvalue weighted by atomic mass is 10.1. The number of rotatable bonds is 6. The Kier molecular flexibility index (Phi) is 5.65. The summed E-state index contributed by atoms with van der Waals surface area (Å²) in [5.41, 5.74) is -0.461. The molecule has 1 aromatic rings. The van der Waals surface area contributed by atoms with Gasteiger partial charge in [0.05, 0.1) is 5.75 Å². The molecule has 108 valence electrons. The summed E-state index contributed by atoms with van der Waals surface area (Å²) in [7, 11) is 0. The van der Waals surface area contributed by atoms with Crippen LogP contribution in [0.5, 0.6) is 0 Å². The lowest BCUT2D eigenvalue weighted by Crippen LogP contribution is -2.41. The van der Waals surface area contributed by atoms with E-state index in [-0.39, 0.29) is 22.9 Å². The van der Waals surface area contributed by atoms with E-state index in [1.165, 1.54) is 11.8 Å². The van der Waals surface area contributed by atoms with Crippen LogP contribution in [0.1, 0.15) is 40.5 Å². The van der Waals surface area contributed by atoms with Gasteiger partial charge in [0.15, 0.2) is 5.16 Å². The number of aromatic nitrogens is 3. The Morgan fingerprint density at radius 1 is 1.47 bits per heavy atom. The highest BCUT2D eigenvalue weighted by Gasteiger charge is 2.15. The van der Waals surface area contributed by atoms with Crippen LogP contribution in [0.2, 0.25) is 0 Å². The fourth-order valence-electron chi connectivity index (χ4n) is 1.51. The van der Waals surface area contributed by atoms with Crippen LogP contribution in [0.3, 0.4) is 0 Å². The quantitative estimate of drug-likeness (QED) is 0.774. The van der Waals surface area contributed by atoms with Crippen LogP contribution in [-0.4, -0.2) is 32.0 Å². The van der Waals surface area contributed by atoms with E-state index in [4.69, 9.17) is 0 Å². The predicted octanol–water partition coefficient (Wildman–Crippen LogP) is 1.38. The number of carbonyl (C=O) groups is 1. The number of hydrogen-bond acceptors (Lipinski definition) is 4. The highest BCUT2D eigenvalue weighted by atomic mass is 32.2. The minimum Gasteiger partial charge on any atom is -0.351 e. The topological polar surface area (TPSA) is 79.8 Å². The summed E-state index contributed by atoms with van der Waals surface area (Å²) in [4.78, 5) is 23.3. The maximum atomic E-state index is 11.7. The molecule has 2 N–H and O–H groups in total. The maximum absolute atomic E-state index is 11.7. The van der Waals surface area contributed by atoms with Gasteiger partial charge >= 0.3 is 5.69 Å². The van der Waals surface area contributed by atoms with Crippen molar-refractivity contribution < 1.29 is 4.79 Å². The SMILES string of the molecule is CCCCn1c(SCC(=O)NC(C)(C)C)n[nH]c1=O. The smallest absolute Gasteiger partial charge is 0.343 e. The summed E-state index contributed by atoms with van der Waals surface area (Å²) in [6.45, 7) is 8.49. The van der Waals surface area contributed by atoms with Gasteiger partial charge in [-0.25, -0.2) is 9.89 Å². The first-order chi connectivity index (χ1) is 8.83. The molecule has 1 heterocycles. The number of thioether (sulfide) groups is 1. The van der Waals surface area contributed by atoms with Crippen LogP contribution < -0.4 is 11.0 Å². The summed E-state index contributed by atoms with van der Waals surface area (Å²) in [6.07, 6.45) is 1.92. The molecule has 1 aromatic heterocycles. The summed E-state index contributed by atoms with van der Waals surface area (Å²) >= 11 is 1.28. The van der Waals surface area contributed by atoms with Crippen molar-refractivity contribution in [2.24, 2.45) is 0 Å². The van der Waals surface area contributed by atoms with Crippen molar-refractivity contribution in [3.8, 4) is 0 Å². The summed E-state index contributed by atoms with van der Waals surface area (Å²) in [6, 6.07) is 0. The normalized spacial score (nSPS) is 11.6. The van der Waals surface area contributed by atoms with Gasteiger partial charge in [0.1, 0.15) is 0 Å². The van der Waals surface area contributed by atoms with Gasteiger partial charge in [0.2, 0.25) is 5.91 Å². The largest absolute Gasteiger partial charge is 0.351 e. The molecule has 0 bridgehead atoms.